The van der Waals surface area contributed by atoms with E-state index in [0.29, 0.717) is 17.5 Å². The summed E-state index contributed by atoms with van der Waals surface area (Å²) in [5.41, 5.74) is 2.32. The van der Waals surface area contributed by atoms with Crippen LogP contribution in [0, 0.1) is 12.8 Å². The van der Waals surface area contributed by atoms with E-state index in [1.165, 1.54) is 18.5 Å². The Kier molecular flexibility index (Phi) is 5.41. The van der Waals surface area contributed by atoms with Gasteiger partial charge in [-0.2, -0.15) is 0 Å². The fraction of sp³-hybridized carbons (Fsp3) is 0.333. The third kappa shape index (κ3) is 4.71. The van der Waals surface area contributed by atoms with Crippen LogP contribution in [0.4, 0.5) is 23.1 Å². The molecular formula is C21H24N6O2. The zero-order valence-electron chi connectivity index (χ0n) is 16.6. The predicted octanol–water partition coefficient (Wildman–Crippen LogP) is 4.01. The highest BCUT2D eigenvalue weighted by Gasteiger charge is 2.16. The minimum absolute atomic E-state index is 0.238. The second-order valence-corrected chi connectivity index (χ2v) is 7.38. The maximum atomic E-state index is 12.4. The number of aromatic nitrogens is 3. The second kappa shape index (κ2) is 8.30. The molecule has 8 nitrogen and oxygen atoms in total. The zero-order chi connectivity index (χ0) is 20.2. The molecule has 0 saturated carbocycles. The third-order valence-corrected chi connectivity index (χ3v) is 5.03. The molecule has 1 aliphatic heterocycles. The monoisotopic (exact) mass is 392 g/mol. The highest BCUT2D eigenvalue weighted by molar-refractivity contribution is 6.02. The largest absolute Gasteiger partial charge is 0.372 e. The summed E-state index contributed by atoms with van der Waals surface area (Å²) < 4.78 is 4.95. The number of carbonyl (C=O) groups is 1. The summed E-state index contributed by atoms with van der Waals surface area (Å²) in [6.07, 6.45) is 4.01. The number of carbonyl (C=O) groups excluding carboxylic acids is 1. The lowest BCUT2D eigenvalue weighted by molar-refractivity contribution is 0.102. The topological polar surface area (TPSA) is 96.2 Å². The van der Waals surface area contributed by atoms with Crippen LogP contribution in [-0.4, -0.2) is 34.1 Å². The van der Waals surface area contributed by atoms with Crippen molar-refractivity contribution < 1.29 is 9.32 Å². The Morgan fingerprint density at radius 1 is 1.17 bits per heavy atom. The average molecular weight is 392 g/mol. The Morgan fingerprint density at radius 3 is 2.62 bits per heavy atom. The summed E-state index contributed by atoms with van der Waals surface area (Å²) in [4.78, 5) is 23.3. The summed E-state index contributed by atoms with van der Waals surface area (Å²) in [7, 11) is 0. The van der Waals surface area contributed by atoms with E-state index in [9.17, 15) is 4.79 Å². The Bertz CT molecular complexity index is 977. The van der Waals surface area contributed by atoms with Crippen LogP contribution < -0.4 is 15.5 Å². The molecule has 1 aliphatic rings. The molecule has 1 fully saturated rings. The van der Waals surface area contributed by atoms with Gasteiger partial charge >= 0.3 is 0 Å². The van der Waals surface area contributed by atoms with Gasteiger partial charge in [0.05, 0.1) is 0 Å². The average Bonchev–Trinajstić information content (AvgIpc) is 3.14. The molecule has 3 heterocycles. The first-order valence-corrected chi connectivity index (χ1v) is 9.76. The number of hydrogen-bond donors (Lipinski definition) is 2. The molecular weight excluding hydrogens is 368 g/mol. The molecule has 0 unspecified atom stereocenters. The first-order chi connectivity index (χ1) is 14.1. The van der Waals surface area contributed by atoms with Gasteiger partial charge < -0.3 is 20.1 Å². The minimum Gasteiger partial charge on any atom is -0.372 e. The van der Waals surface area contributed by atoms with Crippen LogP contribution in [-0.2, 0) is 0 Å². The Labute approximate surface area is 169 Å². The lowest BCUT2D eigenvalue weighted by atomic mass is 9.99. The Balaban J connectivity index is 1.40. The molecule has 2 N–H and O–H groups in total. The van der Waals surface area contributed by atoms with Crippen LogP contribution in [0.5, 0.6) is 0 Å². The summed E-state index contributed by atoms with van der Waals surface area (Å²) in [5, 5.41) is 9.55. The zero-order valence-corrected chi connectivity index (χ0v) is 16.6. The molecule has 0 bridgehead atoms. The first-order valence-electron chi connectivity index (χ1n) is 9.76. The van der Waals surface area contributed by atoms with Crippen molar-refractivity contribution in [2.75, 3.05) is 28.6 Å². The van der Waals surface area contributed by atoms with Crippen molar-refractivity contribution in [2.45, 2.75) is 26.7 Å². The fourth-order valence-corrected chi connectivity index (χ4v) is 3.30. The van der Waals surface area contributed by atoms with E-state index >= 15 is 0 Å². The summed E-state index contributed by atoms with van der Waals surface area (Å²) in [5.74, 6) is 1.75. The lowest BCUT2D eigenvalue weighted by Crippen LogP contribution is -2.32. The molecule has 4 rings (SSSR count). The van der Waals surface area contributed by atoms with Crippen LogP contribution >= 0.6 is 0 Å². The Morgan fingerprint density at radius 2 is 1.93 bits per heavy atom. The van der Waals surface area contributed by atoms with Crippen LogP contribution in [0.15, 0.2) is 47.1 Å². The molecule has 3 aromatic rings. The molecule has 1 saturated heterocycles. The number of hydrogen-bond acceptors (Lipinski definition) is 7. The van der Waals surface area contributed by atoms with E-state index in [0.717, 1.165) is 24.7 Å². The van der Waals surface area contributed by atoms with E-state index in [2.05, 4.69) is 49.7 Å². The summed E-state index contributed by atoms with van der Waals surface area (Å²) in [6, 6.07) is 11.4. The van der Waals surface area contributed by atoms with Crippen molar-refractivity contribution in [1.29, 1.82) is 0 Å². The van der Waals surface area contributed by atoms with Gasteiger partial charge in [0.1, 0.15) is 11.5 Å². The molecule has 1 amide bonds. The molecule has 150 valence electrons. The SMILES string of the molecule is Cc1cc(NC(=O)c2ccnc(Nc3ccc(N4CCC(C)CC4)cc3)n2)no1. The lowest BCUT2D eigenvalue weighted by Gasteiger charge is -2.32. The van der Waals surface area contributed by atoms with Crippen molar-refractivity contribution in [3.05, 3.63) is 54.0 Å². The van der Waals surface area contributed by atoms with Gasteiger partial charge in [-0.3, -0.25) is 4.79 Å². The predicted molar refractivity (Wildman–Crippen MR) is 112 cm³/mol. The molecule has 1 aromatic carbocycles. The molecule has 0 radical (unpaired) electrons. The van der Waals surface area contributed by atoms with Gasteiger partial charge in [-0.05, 0) is 56.0 Å². The van der Waals surface area contributed by atoms with Gasteiger partial charge in [0.15, 0.2) is 5.82 Å². The quantitative estimate of drug-likeness (QED) is 0.677. The minimum atomic E-state index is -0.376. The third-order valence-electron chi connectivity index (χ3n) is 5.03. The second-order valence-electron chi connectivity index (χ2n) is 7.38. The van der Waals surface area contributed by atoms with Crippen LogP contribution in [0.1, 0.15) is 36.0 Å². The number of nitrogens with zero attached hydrogens (tertiary/aromatic N) is 4. The van der Waals surface area contributed by atoms with Gasteiger partial charge in [0.2, 0.25) is 5.95 Å². The summed E-state index contributed by atoms with van der Waals surface area (Å²) in [6.45, 7) is 6.26. The fourth-order valence-electron chi connectivity index (χ4n) is 3.30. The maximum Gasteiger partial charge on any atom is 0.275 e. The van der Waals surface area contributed by atoms with E-state index in [1.54, 1.807) is 25.3 Å². The first kappa shape index (κ1) is 18.9. The number of benzene rings is 1. The highest BCUT2D eigenvalue weighted by atomic mass is 16.5. The highest BCUT2D eigenvalue weighted by Crippen LogP contribution is 2.25. The number of rotatable bonds is 5. The van der Waals surface area contributed by atoms with E-state index < -0.39 is 0 Å². The molecule has 0 atom stereocenters. The number of amides is 1. The number of aryl methyl sites for hydroxylation is 1. The van der Waals surface area contributed by atoms with Crippen molar-refractivity contribution in [2.24, 2.45) is 5.92 Å². The van der Waals surface area contributed by atoms with Gasteiger partial charge in [-0.1, -0.05) is 12.1 Å². The van der Waals surface area contributed by atoms with Gasteiger partial charge in [0.25, 0.3) is 5.91 Å². The van der Waals surface area contributed by atoms with Crippen molar-refractivity contribution in [1.82, 2.24) is 15.1 Å². The summed E-state index contributed by atoms with van der Waals surface area (Å²) >= 11 is 0. The van der Waals surface area contributed by atoms with Crippen LogP contribution in [0.25, 0.3) is 0 Å². The van der Waals surface area contributed by atoms with Gasteiger partial charge in [-0.25, -0.2) is 9.97 Å². The van der Waals surface area contributed by atoms with Gasteiger partial charge in [-0.15, -0.1) is 0 Å². The molecule has 0 aliphatic carbocycles. The van der Waals surface area contributed by atoms with E-state index in [1.807, 2.05) is 12.1 Å². The molecule has 2 aromatic heterocycles. The van der Waals surface area contributed by atoms with Crippen LogP contribution in [0.2, 0.25) is 0 Å². The maximum absolute atomic E-state index is 12.4. The van der Waals surface area contributed by atoms with Crippen LogP contribution in [0.3, 0.4) is 0 Å². The number of anilines is 4. The Hall–Kier alpha value is -3.42. The van der Waals surface area contributed by atoms with Crippen molar-refractivity contribution >= 4 is 29.0 Å². The van der Waals surface area contributed by atoms with Gasteiger partial charge in [0, 0.05) is 36.7 Å². The molecule has 0 spiro atoms. The van der Waals surface area contributed by atoms with E-state index in [-0.39, 0.29) is 11.6 Å². The normalized spacial score (nSPS) is 14.6. The smallest absolute Gasteiger partial charge is 0.275 e. The molecule has 29 heavy (non-hydrogen) atoms. The molecule has 8 heteroatoms. The van der Waals surface area contributed by atoms with Crippen molar-refractivity contribution in [3.63, 3.8) is 0 Å². The van der Waals surface area contributed by atoms with E-state index in [4.69, 9.17) is 4.52 Å². The van der Waals surface area contributed by atoms with Crippen molar-refractivity contribution in [3.8, 4) is 0 Å². The number of piperidine rings is 1. The number of nitrogens with one attached hydrogen (secondary N) is 2. The standard InChI is InChI=1S/C21H24N6O2/c1-14-8-11-27(12-9-14)17-5-3-16(4-6-17)23-21-22-10-7-18(24-21)20(28)25-19-13-15(2)29-26-19/h3-7,10,13-14H,8-9,11-12H2,1-2H3,(H,22,23,24)(H,25,26,28).